The van der Waals surface area contributed by atoms with E-state index < -0.39 is 0 Å². The first kappa shape index (κ1) is 21.3. The molecule has 0 bridgehead atoms. The molecule has 2 rings (SSSR count). The maximum Gasteiger partial charge on any atom is 0.243 e. The van der Waals surface area contributed by atoms with Crippen molar-refractivity contribution in [2.24, 2.45) is 5.92 Å². The van der Waals surface area contributed by atoms with Gasteiger partial charge in [0, 0.05) is 29.5 Å². The average Bonchev–Trinajstić information content (AvgIpc) is 2.61. The van der Waals surface area contributed by atoms with Crippen LogP contribution in [-0.4, -0.2) is 24.5 Å². The van der Waals surface area contributed by atoms with Crippen molar-refractivity contribution in [2.75, 3.05) is 22.5 Å². The molecule has 3 N–H and O–H groups in total. The van der Waals surface area contributed by atoms with Gasteiger partial charge in [0.15, 0.2) is 0 Å². The molecule has 0 unspecified atom stereocenters. The second-order valence-electron chi connectivity index (χ2n) is 7.32. The first-order chi connectivity index (χ1) is 13.3. The van der Waals surface area contributed by atoms with Gasteiger partial charge in [-0.15, -0.1) is 0 Å². The standard InChI is InChI=1S/C22H29N3O3/c1-15(2)12-21(26)24-17-8-10-18(11-9-17)25-22(27)14-23-19-6-5-7-20(13-19)28-16(3)4/h5-11,13,15-16,23H,12,14H2,1-4H3,(H,24,26)(H,25,27). The van der Waals surface area contributed by atoms with Crippen molar-refractivity contribution in [3.05, 3.63) is 48.5 Å². The number of carbonyl (C=O) groups excluding carboxylic acids is 2. The minimum atomic E-state index is -0.160. The number of carbonyl (C=O) groups is 2. The van der Waals surface area contributed by atoms with E-state index in [9.17, 15) is 9.59 Å². The molecule has 0 spiro atoms. The van der Waals surface area contributed by atoms with E-state index in [0.29, 0.717) is 23.7 Å². The quantitative estimate of drug-likeness (QED) is 0.595. The normalized spacial score (nSPS) is 10.6. The zero-order chi connectivity index (χ0) is 20.5. The van der Waals surface area contributed by atoms with Crippen LogP contribution in [0.1, 0.15) is 34.1 Å². The average molecular weight is 383 g/mol. The summed E-state index contributed by atoms with van der Waals surface area (Å²) >= 11 is 0. The molecular weight excluding hydrogens is 354 g/mol. The van der Waals surface area contributed by atoms with Gasteiger partial charge < -0.3 is 20.7 Å². The summed E-state index contributed by atoms with van der Waals surface area (Å²) in [5.74, 6) is 0.894. The Kier molecular flexibility index (Phi) is 7.87. The molecule has 0 saturated carbocycles. The predicted octanol–water partition coefficient (Wildman–Crippen LogP) is 4.51. The third kappa shape index (κ3) is 7.70. The number of nitrogens with one attached hydrogen (secondary N) is 3. The predicted molar refractivity (Wildman–Crippen MR) is 114 cm³/mol. The number of hydrogen-bond donors (Lipinski definition) is 3. The molecule has 2 aromatic carbocycles. The number of ether oxygens (including phenoxy) is 1. The fraction of sp³-hybridized carbons (Fsp3) is 0.364. The Labute approximate surface area is 166 Å². The highest BCUT2D eigenvalue weighted by Gasteiger charge is 2.07. The van der Waals surface area contributed by atoms with E-state index in [0.717, 1.165) is 11.4 Å². The summed E-state index contributed by atoms with van der Waals surface area (Å²) in [5, 5.41) is 8.75. The molecule has 0 saturated heterocycles. The molecule has 150 valence electrons. The summed E-state index contributed by atoms with van der Waals surface area (Å²) in [4.78, 5) is 23.9. The molecule has 0 aromatic heterocycles. The number of rotatable bonds is 9. The van der Waals surface area contributed by atoms with Crippen molar-refractivity contribution in [1.29, 1.82) is 0 Å². The van der Waals surface area contributed by atoms with Crippen LogP contribution < -0.4 is 20.7 Å². The smallest absolute Gasteiger partial charge is 0.243 e. The van der Waals surface area contributed by atoms with Crippen molar-refractivity contribution in [2.45, 2.75) is 40.2 Å². The summed E-state index contributed by atoms with van der Waals surface area (Å²) in [6.45, 7) is 8.07. The molecule has 0 aliphatic rings. The molecule has 2 amide bonds. The van der Waals surface area contributed by atoms with E-state index in [-0.39, 0.29) is 24.5 Å². The third-order valence-corrected chi connectivity index (χ3v) is 3.70. The molecule has 28 heavy (non-hydrogen) atoms. The first-order valence-electron chi connectivity index (χ1n) is 9.52. The fourth-order valence-electron chi connectivity index (χ4n) is 2.56. The number of anilines is 3. The lowest BCUT2D eigenvalue weighted by molar-refractivity contribution is -0.117. The van der Waals surface area contributed by atoms with Crippen LogP contribution in [0, 0.1) is 5.92 Å². The Morgan fingerprint density at radius 1 is 0.857 bits per heavy atom. The Hall–Kier alpha value is -3.02. The van der Waals surface area contributed by atoms with Gasteiger partial charge >= 0.3 is 0 Å². The number of hydrogen-bond acceptors (Lipinski definition) is 4. The Bertz CT molecular complexity index is 786. The SMILES string of the molecule is CC(C)CC(=O)Nc1ccc(NC(=O)CNc2cccc(OC(C)C)c2)cc1. The molecule has 0 atom stereocenters. The summed E-state index contributed by atoms with van der Waals surface area (Å²) in [7, 11) is 0. The molecule has 6 nitrogen and oxygen atoms in total. The lowest BCUT2D eigenvalue weighted by atomic mass is 10.1. The second kappa shape index (κ2) is 10.3. The van der Waals surface area contributed by atoms with Gasteiger partial charge in [0.1, 0.15) is 5.75 Å². The van der Waals surface area contributed by atoms with Crippen LogP contribution >= 0.6 is 0 Å². The van der Waals surface area contributed by atoms with Crippen LogP contribution in [0.3, 0.4) is 0 Å². The van der Waals surface area contributed by atoms with E-state index in [2.05, 4.69) is 16.0 Å². The van der Waals surface area contributed by atoms with Crippen LogP contribution in [0.15, 0.2) is 48.5 Å². The van der Waals surface area contributed by atoms with Gasteiger partial charge in [-0.05, 0) is 56.2 Å². The summed E-state index contributed by atoms with van der Waals surface area (Å²) < 4.78 is 5.65. The van der Waals surface area contributed by atoms with Gasteiger partial charge in [0.25, 0.3) is 0 Å². The molecule has 6 heteroatoms. The van der Waals surface area contributed by atoms with Gasteiger partial charge in [-0.3, -0.25) is 9.59 Å². The van der Waals surface area contributed by atoms with E-state index >= 15 is 0 Å². The van der Waals surface area contributed by atoms with E-state index in [1.165, 1.54) is 0 Å². The molecule has 0 aliphatic heterocycles. The minimum absolute atomic E-state index is 0.0142. The highest BCUT2D eigenvalue weighted by molar-refractivity contribution is 5.94. The molecule has 0 heterocycles. The fourth-order valence-corrected chi connectivity index (χ4v) is 2.56. The summed E-state index contributed by atoms with van der Waals surface area (Å²) in [6.07, 6.45) is 0.574. The summed E-state index contributed by atoms with van der Waals surface area (Å²) in [6, 6.07) is 14.6. The summed E-state index contributed by atoms with van der Waals surface area (Å²) in [5.41, 5.74) is 2.20. The second-order valence-corrected chi connectivity index (χ2v) is 7.32. The van der Waals surface area contributed by atoms with Crippen LogP contribution in [0.25, 0.3) is 0 Å². The molecule has 0 aliphatic carbocycles. The Balaban J connectivity index is 1.82. The molecule has 0 radical (unpaired) electrons. The van der Waals surface area contributed by atoms with Crippen LogP contribution in [0.5, 0.6) is 5.75 Å². The largest absolute Gasteiger partial charge is 0.491 e. The molecule has 2 aromatic rings. The highest BCUT2D eigenvalue weighted by atomic mass is 16.5. The van der Waals surface area contributed by atoms with Crippen molar-refractivity contribution >= 4 is 28.9 Å². The van der Waals surface area contributed by atoms with Crippen LogP contribution in [0.2, 0.25) is 0 Å². The van der Waals surface area contributed by atoms with Gasteiger partial charge in [-0.25, -0.2) is 0 Å². The van der Waals surface area contributed by atoms with Gasteiger partial charge in [-0.2, -0.15) is 0 Å². The first-order valence-corrected chi connectivity index (χ1v) is 9.52. The maximum atomic E-state index is 12.2. The zero-order valence-electron chi connectivity index (χ0n) is 16.9. The van der Waals surface area contributed by atoms with Crippen molar-refractivity contribution in [3.8, 4) is 5.75 Å². The maximum absolute atomic E-state index is 12.2. The van der Waals surface area contributed by atoms with E-state index in [4.69, 9.17) is 4.74 Å². The Morgan fingerprint density at radius 3 is 2.04 bits per heavy atom. The molecule has 0 fully saturated rings. The Morgan fingerprint density at radius 2 is 1.46 bits per heavy atom. The minimum Gasteiger partial charge on any atom is -0.491 e. The van der Waals surface area contributed by atoms with Crippen LogP contribution in [0.4, 0.5) is 17.1 Å². The van der Waals surface area contributed by atoms with E-state index in [1.807, 2.05) is 52.0 Å². The highest BCUT2D eigenvalue weighted by Crippen LogP contribution is 2.19. The van der Waals surface area contributed by atoms with Gasteiger partial charge in [0.05, 0.1) is 12.6 Å². The lowest BCUT2D eigenvalue weighted by Crippen LogP contribution is -2.21. The monoisotopic (exact) mass is 383 g/mol. The number of benzene rings is 2. The topological polar surface area (TPSA) is 79.5 Å². The third-order valence-electron chi connectivity index (χ3n) is 3.70. The van der Waals surface area contributed by atoms with Crippen molar-refractivity contribution in [1.82, 2.24) is 0 Å². The van der Waals surface area contributed by atoms with Crippen molar-refractivity contribution in [3.63, 3.8) is 0 Å². The number of amides is 2. The zero-order valence-corrected chi connectivity index (χ0v) is 16.9. The van der Waals surface area contributed by atoms with Crippen molar-refractivity contribution < 1.29 is 14.3 Å². The van der Waals surface area contributed by atoms with Gasteiger partial charge in [-0.1, -0.05) is 19.9 Å². The molecular formula is C22H29N3O3. The van der Waals surface area contributed by atoms with Crippen LogP contribution in [-0.2, 0) is 9.59 Å². The lowest BCUT2D eigenvalue weighted by Gasteiger charge is -2.12. The van der Waals surface area contributed by atoms with E-state index in [1.54, 1.807) is 24.3 Å². The van der Waals surface area contributed by atoms with Gasteiger partial charge in [0.2, 0.25) is 11.8 Å².